The molecule has 2 atom stereocenters. The Balaban J connectivity index is 2.04. The second-order valence-electron chi connectivity index (χ2n) is 5.88. The number of benzene rings is 2. The van der Waals surface area contributed by atoms with Crippen molar-refractivity contribution in [2.75, 3.05) is 11.9 Å². The quantitative estimate of drug-likeness (QED) is 0.636. The van der Waals surface area contributed by atoms with Gasteiger partial charge in [-0.05, 0) is 36.8 Å². The minimum atomic E-state index is -0.508. The van der Waals surface area contributed by atoms with Crippen molar-refractivity contribution in [3.8, 4) is 0 Å². The largest absolute Gasteiger partial charge is 0.465 e. The topological polar surface area (TPSA) is 51.2 Å². The molecule has 0 unspecified atom stereocenters. The number of rotatable bonds is 7. The molecule has 0 radical (unpaired) electrons. The first-order chi connectivity index (χ1) is 12.8. The van der Waals surface area contributed by atoms with E-state index in [0.29, 0.717) is 6.61 Å². The Morgan fingerprint density at radius 1 is 0.962 bits per heavy atom. The number of hydrogen-bond donors (Lipinski definition) is 1. The minimum Gasteiger partial charge on any atom is -0.465 e. The predicted octanol–water partition coefficient (Wildman–Crippen LogP) is 4.58. The number of nitrogens with one attached hydrogen (secondary N) is 1. The van der Waals surface area contributed by atoms with Crippen LogP contribution < -0.4 is 5.32 Å². The molecule has 26 heavy (non-hydrogen) atoms. The van der Waals surface area contributed by atoms with Crippen molar-refractivity contribution in [2.24, 2.45) is 0 Å². The number of ether oxygens (including phenoxy) is 1. The van der Waals surface area contributed by atoms with Gasteiger partial charge in [0.1, 0.15) is 5.92 Å². The second kappa shape index (κ2) is 8.81. The van der Waals surface area contributed by atoms with E-state index < -0.39 is 5.92 Å². The van der Waals surface area contributed by atoms with Gasteiger partial charge in [-0.25, -0.2) is 0 Å². The van der Waals surface area contributed by atoms with Crippen LogP contribution in [0.5, 0.6) is 0 Å². The summed E-state index contributed by atoms with van der Waals surface area (Å²) in [6.45, 7) is 2.16. The van der Waals surface area contributed by atoms with E-state index in [-0.39, 0.29) is 12.0 Å². The van der Waals surface area contributed by atoms with Crippen molar-refractivity contribution in [1.82, 2.24) is 4.98 Å². The Hall–Kier alpha value is -3.14. The molecule has 0 saturated carbocycles. The van der Waals surface area contributed by atoms with Crippen LogP contribution in [0, 0.1) is 0 Å². The van der Waals surface area contributed by atoms with E-state index in [9.17, 15) is 4.79 Å². The highest BCUT2D eigenvalue weighted by Crippen LogP contribution is 2.34. The van der Waals surface area contributed by atoms with Gasteiger partial charge in [-0.15, -0.1) is 0 Å². The van der Waals surface area contributed by atoms with Crippen molar-refractivity contribution in [3.63, 3.8) is 0 Å². The second-order valence-corrected chi connectivity index (χ2v) is 5.88. The third-order valence-electron chi connectivity index (χ3n) is 4.13. The molecule has 1 aromatic heterocycles. The van der Waals surface area contributed by atoms with Crippen LogP contribution in [-0.4, -0.2) is 17.6 Å². The monoisotopic (exact) mass is 346 g/mol. The first kappa shape index (κ1) is 17.7. The summed E-state index contributed by atoms with van der Waals surface area (Å²) in [5.41, 5.74) is 2.61. The average Bonchev–Trinajstić information content (AvgIpc) is 2.70. The first-order valence-corrected chi connectivity index (χ1v) is 8.73. The van der Waals surface area contributed by atoms with E-state index in [2.05, 4.69) is 10.3 Å². The lowest BCUT2D eigenvalue weighted by Crippen LogP contribution is -2.28. The maximum Gasteiger partial charge on any atom is 0.315 e. The van der Waals surface area contributed by atoms with Gasteiger partial charge in [0.15, 0.2) is 0 Å². The minimum absolute atomic E-state index is 0.266. The van der Waals surface area contributed by atoms with E-state index in [0.717, 1.165) is 16.9 Å². The zero-order valence-electron chi connectivity index (χ0n) is 14.7. The van der Waals surface area contributed by atoms with Crippen LogP contribution in [0.25, 0.3) is 0 Å². The molecule has 0 spiro atoms. The summed E-state index contributed by atoms with van der Waals surface area (Å²) in [5.74, 6) is -0.774. The molecule has 0 amide bonds. The molecule has 1 N–H and O–H groups in total. The number of carbonyl (C=O) groups is 1. The van der Waals surface area contributed by atoms with Gasteiger partial charge in [-0.3, -0.25) is 9.78 Å². The van der Waals surface area contributed by atoms with Crippen LogP contribution >= 0.6 is 0 Å². The molecule has 2 aromatic carbocycles. The van der Waals surface area contributed by atoms with E-state index in [1.165, 1.54) is 0 Å². The van der Waals surface area contributed by atoms with Crippen LogP contribution in [0.4, 0.5) is 5.69 Å². The zero-order chi connectivity index (χ0) is 18.2. The zero-order valence-corrected chi connectivity index (χ0v) is 14.7. The predicted molar refractivity (Wildman–Crippen MR) is 103 cm³/mol. The number of nitrogens with zero attached hydrogens (tertiary/aromatic N) is 1. The van der Waals surface area contributed by atoms with Gasteiger partial charge in [0, 0.05) is 11.9 Å². The summed E-state index contributed by atoms with van der Waals surface area (Å²) >= 11 is 0. The standard InChI is InChI=1S/C22H22N2O2/c1-2-26-22(25)20(17-11-5-3-6-12-17)21(19-15-9-10-16-23-19)24-18-13-7-4-8-14-18/h3-16,20-21,24H,2H2,1H3/t20-,21-/m0/s1. The van der Waals surface area contributed by atoms with E-state index in [1.807, 2.05) is 85.8 Å². The van der Waals surface area contributed by atoms with Crippen LogP contribution in [-0.2, 0) is 9.53 Å². The summed E-state index contributed by atoms with van der Waals surface area (Å²) in [4.78, 5) is 17.4. The molecule has 1 heterocycles. The highest BCUT2D eigenvalue weighted by atomic mass is 16.5. The molecule has 0 aliphatic heterocycles. The maximum absolute atomic E-state index is 12.9. The Labute approximate surface area is 153 Å². The first-order valence-electron chi connectivity index (χ1n) is 8.73. The molecule has 0 fully saturated rings. The Bertz CT molecular complexity index is 807. The van der Waals surface area contributed by atoms with Crippen LogP contribution in [0.15, 0.2) is 85.1 Å². The molecule has 132 valence electrons. The molecule has 3 aromatic rings. The molecule has 4 nitrogen and oxygen atoms in total. The Morgan fingerprint density at radius 3 is 2.23 bits per heavy atom. The van der Waals surface area contributed by atoms with Crippen molar-refractivity contribution in [3.05, 3.63) is 96.3 Å². The van der Waals surface area contributed by atoms with Gasteiger partial charge in [0.25, 0.3) is 0 Å². The number of hydrogen-bond acceptors (Lipinski definition) is 4. The fourth-order valence-corrected chi connectivity index (χ4v) is 2.96. The lowest BCUT2D eigenvalue weighted by Gasteiger charge is -2.27. The van der Waals surface area contributed by atoms with E-state index >= 15 is 0 Å². The van der Waals surface area contributed by atoms with Gasteiger partial charge >= 0.3 is 5.97 Å². The molecule has 0 saturated heterocycles. The lowest BCUT2D eigenvalue weighted by molar-refractivity contribution is -0.145. The molecule has 0 bridgehead atoms. The van der Waals surface area contributed by atoms with Crippen LogP contribution in [0.1, 0.15) is 30.1 Å². The number of carbonyl (C=O) groups excluding carboxylic acids is 1. The SMILES string of the molecule is CCOC(=O)[C@@H](c1ccccc1)[C@@H](Nc1ccccc1)c1ccccn1. The molecule has 3 rings (SSSR count). The Kier molecular flexibility index (Phi) is 5.99. The van der Waals surface area contributed by atoms with Crippen molar-refractivity contribution in [1.29, 1.82) is 0 Å². The van der Waals surface area contributed by atoms with Gasteiger partial charge in [-0.1, -0.05) is 54.6 Å². The number of anilines is 1. The number of para-hydroxylation sites is 1. The van der Waals surface area contributed by atoms with Crippen molar-refractivity contribution < 1.29 is 9.53 Å². The summed E-state index contributed by atoms with van der Waals surface area (Å²) in [5, 5.41) is 3.47. The van der Waals surface area contributed by atoms with Gasteiger partial charge < -0.3 is 10.1 Å². The van der Waals surface area contributed by atoms with Gasteiger partial charge in [0.05, 0.1) is 18.3 Å². The normalized spacial score (nSPS) is 12.8. The summed E-state index contributed by atoms with van der Waals surface area (Å²) in [6.07, 6.45) is 1.74. The van der Waals surface area contributed by atoms with Gasteiger partial charge in [0.2, 0.25) is 0 Å². The van der Waals surface area contributed by atoms with Crippen molar-refractivity contribution >= 4 is 11.7 Å². The fraction of sp³-hybridized carbons (Fsp3) is 0.182. The number of pyridine rings is 1. The molecule has 0 aliphatic rings. The van der Waals surface area contributed by atoms with Crippen LogP contribution in [0.2, 0.25) is 0 Å². The molecule has 4 heteroatoms. The molecular formula is C22H22N2O2. The van der Waals surface area contributed by atoms with E-state index in [1.54, 1.807) is 6.20 Å². The van der Waals surface area contributed by atoms with E-state index in [4.69, 9.17) is 4.74 Å². The third-order valence-corrected chi connectivity index (χ3v) is 4.13. The molecule has 0 aliphatic carbocycles. The van der Waals surface area contributed by atoms with Crippen LogP contribution in [0.3, 0.4) is 0 Å². The number of aromatic nitrogens is 1. The summed E-state index contributed by atoms with van der Waals surface area (Å²) < 4.78 is 5.39. The van der Waals surface area contributed by atoms with Gasteiger partial charge in [-0.2, -0.15) is 0 Å². The smallest absolute Gasteiger partial charge is 0.315 e. The third kappa shape index (κ3) is 4.28. The summed E-state index contributed by atoms with van der Waals surface area (Å²) in [7, 11) is 0. The molecular weight excluding hydrogens is 324 g/mol. The summed E-state index contributed by atoms with van der Waals surface area (Å²) in [6, 6.07) is 24.9. The Morgan fingerprint density at radius 2 is 1.62 bits per heavy atom. The fourth-order valence-electron chi connectivity index (χ4n) is 2.96. The maximum atomic E-state index is 12.9. The lowest BCUT2D eigenvalue weighted by atomic mass is 9.88. The average molecular weight is 346 g/mol. The highest BCUT2D eigenvalue weighted by molar-refractivity contribution is 5.80. The number of esters is 1. The van der Waals surface area contributed by atoms with Crippen molar-refractivity contribution in [2.45, 2.75) is 18.9 Å². The highest BCUT2D eigenvalue weighted by Gasteiger charge is 2.33.